The number of hydrogen-bond acceptors (Lipinski definition) is 4. The Kier molecular flexibility index (Phi) is 6.96. The highest BCUT2D eigenvalue weighted by Crippen LogP contribution is 2.24. The smallest absolute Gasteiger partial charge is 0.245 e. The number of carbonyl (C=O) groups excluding carboxylic acids is 2. The number of rotatable bonds is 7. The predicted molar refractivity (Wildman–Crippen MR) is 103 cm³/mol. The maximum absolute atomic E-state index is 12.3. The highest BCUT2D eigenvalue weighted by atomic mass is 35.5. The molecule has 0 bridgehead atoms. The van der Waals surface area contributed by atoms with Crippen molar-refractivity contribution in [2.24, 2.45) is 5.92 Å². The maximum atomic E-state index is 12.3. The number of anilines is 1. The Hall–Kier alpha value is -1.92. The summed E-state index contributed by atoms with van der Waals surface area (Å²) < 4.78 is 0. The minimum absolute atomic E-state index is 0.0334. The lowest BCUT2D eigenvalue weighted by molar-refractivity contribution is -0.134. The lowest BCUT2D eigenvalue weighted by Gasteiger charge is -2.24. The Morgan fingerprint density at radius 3 is 2.52 bits per heavy atom. The summed E-state index contributed by atoms with van der Waals surface area (Å²) in [5.74, 6) is -0.272. The Balaban J connectivity index is 2.01. The van der Waals surface area contributed by atoms with Gasteiger partial charge in [0.1, 0.15) is 5.38 Å². The van der Waals surface area contributed by atoms with Crippen molar-refractivity contribution in [2.75, 3.05) is 18.4 Å². The van der Waals surface area contributed by atoms with Crippen LogP contribution in [0.2, 0.25) is 0 Å². The van der Waals surface area contributed by atoms with Gasteiger partial charge in [-0.3, -0.25) is 9.59 Å². The number of amides is 2. The van der Waals surface area contributed by atoms with Gasteiger partial charge in [-0.25, -0.2) is 4.98 Å². The summed E-state index contributed by atoms with van der Waals surface area (Å²) in [7, 11) is 0. The zero-order valence-electron chi connectivity index (χ0n) is 14.5. The molecule has 1 N–H and O–H groups in total. The molecule has 0 aliphatic rings. The Bertz CT molecular complexity index is 716. The standard InChI is InChI=1S/C18H22ClN3O2S/c1-12(2)9-22(17(24)13(3)19)10-16(23)21-18-20-15(11-25-18)14-7-5-4-6-8-14/h4-8,11-13H,9-10H2,1-3H3,(H,20,21,23). The van der Waals surface area contributed by atoms with E-state index < -0.39 is 5.38 Å². The molecular weight excluding hydrogens is 358 g/mol. The molecule has 1 atom stereocenters. The van der Waals surface area contributed by atoms with Crippen LogP contribution in [0.1, 0.15) is 20.8 Å². The Morgan fingerprint density at radius 2 is 1.92 bits per heavy atom. The molecule has 2 rings (SSSR count). The second kappa shape index (κ2) is 8.97. The van der Waals surface area contributed by atoms with Gasteiger partial charge < -0.3 is 10.2 Å². The molecule has 0 fully saturated rings. The van der Waals surface area contributed by atoms with E-state index in [9.17, 15) is 9.59 Å². The molecule has 0 saturated carbocycles. The lowest BCUT2D eigenvalue weighted by Crippen LogP contribution is -2.43. The first-order chi connectivity index (χ1) is 11.9. The summed E-state index contributed by atoms with van der Waals surface area (Å²) >= 11 is 7.24. The molecule has 1 aromatic heterocycles. The molecule has 7 heteroatoms. The van der Waals surface area contributed by atoms with E-state index in [4.69, 9.17) is 11.6 Å². The van der Waals surface area contributed by atoms with Crippen LogP contribution in [0.25, 0.3) is 11.3 Å². The molecule has 0 spiro atoms. The van der Waals surface area contributed by atoms with Crippen LogP contribution < -0.4 is 5.32 Å². The first-order valence-electron chi connectivity index (χ1n) is 8.10. The molecule has 0 aliphatic heterocycles. The van der Waals surface area contributed by atoms with Crippen LogP contribution in [0.3, 0.4) is 0 Å². The van der Waals surface area contributed by atoms with Crippen molar-refractivity contribution >= 4 is 39.9 Å². The zero-order valence-corrected chi connectivity index (χ0v) is 16.1. The number of alkyl halides is 1. The first kappa shape index (κ1) is 19.4. The van der Waals surface area contributed by atoms with Gasteiger partial charge in [0.2, 0.25) is 11.8 Å². The van der Waals surface area contributed by atoms with Gasteiger partial charge in [-0.1, -0.05) is 44.2 Å². The van der Waals surface area contributed by atoms with Gasteiger partial charge in [0, 0.05) is 17.5 Å². The van der Waals surface area contributed by atoms with E-state index >= 15 is 0 Å². The first-order valence-corrected chi connectivity index (χ1v) is 9.42. The number of thiazole rings is 1. The number of carbonyl (C=O) groups is 2. The Labute approximate surface area is 157 Å². The van der Waals surface area contributed by atoms with Gasteiger partial charge in [-0.2, -0.15) is 0 Å². The van der Waals surface area contributed by atoms with Gasteiger partial charge >= 0.3 is 0 Å². The molecule has 2 amide bonds. The summed E-state index contributed by atoms with van der Waals surface area (Å²) in [4.78, 5) is 30.4. The highest BCUT2D eigenvalue weighted by Gasteiger charge is 2.22. The van der Waals surface area contributed by atoms with Crippen molar-refractivity contribution in [1.29, 1.82) is 0 Å². The summed E-state index contributed by atoms with van der Waals surface area (Å²) in [6, 6.07) is 9.75. The normalized spacial score (nSPS) is 12.0. The van der Waals surface area contributed by atoms with Crippen LogP contribution >= 0.6 is 22.9 Å². The second-order valence-electron chi connectivity index (χ2n) is 6.18. The molecule has 0 radical (unpaired) electrons. The summed E-state index contributed by atoms with van der Waals surface area (Å²) in [5.41, 5.74) is 1.80. The maximum Gasteiger partial charge on any atom is 0.245 e. The summed E-state index contributed by atoms with van der Waals surface area (Å²) in [5, 5.41) is 4.51. The van der Waals surface area contributed by atoms with Crippen molar-refractivity contribution in [3.05, 3.63) is 35.7 Å². The number of nitrogens with zero attached hydrogens (tertiary/aromatic N) is 2. The number of hydrogen-bond donors (Lipinski definition) is 1. The molecule has 2 aromatic rings. The van der Waals surface area contributed by atoms with E-state index in [0.717, 1.165) is 11.3 Å². The molecule has 1 heterocycles. The highest BCUT2D eigenvalue weighted by molar-refractivity contribution is 7.14. The molecule has 0 aliphatic carbocycles. The molecule has 1 unspecified atom stereocenters. The van der Waals surface area contributed by atoms with Crippen molar-refractivity contribution in [1.82, 2.24) is 9.88 Å². The van der Waals surface area contributed by atoms with E-state index in [1.54, 1.807) is 6.92 Å². The molecule has 1 aromatic carbocycles. The second-order valence-corrected chi connectivity index (χ2v) is 7.69. The summed E-state index contributed by atoms with van der Waals surface area (Å²) in [6.45, 7) is 6.04. The van der Waals surface area contributed by atoms with E-state index in [1.807, 2.05) is 49.6 Å². The van der Waals surface area contributed by atoms with E-state index in [2.05, 4.69) is 10.3 Å². The van der Waals surface area contributed by atoms with Crippen LogP contribution in [0.15, 0.2) is 35.7 Å². The van der Waals surface area contributed by atoms with Gasteiger partial charge in [0.05, 0.1) is 12.2 Å². The van der Waals surface area contributed by atoms with Crippen LogP contribution in [-0.4, -0.2) is 40.2 Å². The molecular formula is C18H22ClN3O2S. The van der Waals surface area contributed by atoms with Crippen molar-refractivity contribution < 1.29 is 9.59 Å². The number of benzene rings is 1. The van der Waals surface area contributed by atoms with Crippen LogP contribution in [0.4, 0.5) is 5.13 Å². The fourth-order valence-electron chi connectivity index (χ4n) is 2.33. The van der Waals surface area contributed by atoms with E-state index in [-0.39, 0.29) is 24.3 Å². The summed E-state index contributed by atoms with van der Waals surface area (Å²) in [6.07, 6.45) is 0. The zero-order chi connectivity index (χ0) is 18.4. The predicted octanol–water partition coefficient (Wildman–Crippen LogP) is 3.86. The molecule has 134 valence electrons. The van der Waals surface area contributed by atoms with E-state index in [1.165, 1.54) is 16.2 Å². The number of nitrogens with one attached hydrogen (secondary N) is 1. The number of halogens is 1. The third-order valence-corrected chi connectivity index (χ3v) is 4.34. The van der Waals surface area contributed by atoms with Crippen molar-refractivity contribution in [2.45, 2.75) is 26.1 Å². The lowest BCUT2D eigenvalue weighted by atomic mass is 10.2. The fraction of sp³-hybridized carbons (Fsp3) is 0.389. The van der Waals surface area contributed by atoms with Crippen LogP contribution in [-0.2, 0) is 9.59 Å². The third-order valence-electron chi connectivity index (χ3n) is 3.39. The average molecular weight is 380 g/mol. The quantitative estimate of drug-likeness (QED) is 0.743. The monoisotopic (exact) mass is 379 g/mol. The largest absolute Gasteiger partial charge is 0.332 e. The van der Waals surface area contributed by atoms with Gasteiger partial charge in [-0.05, 0) is 12.8 Å². The van der Waals surface area contributed by atoms with Gasteiger partial charge in [-0.15, -0.1) is 22.9 Å². The van der Waals surface area contributed by atoms with Gasteiger partial charge in [0.15, 0.2) is 5.13 Å². The van der Waals surface area contributed by atoms with Crippen molar-refractivity contribution in [3.63, 3.8) is 0 Å². The van der Waals surface area contributed by atoms with Crippen LogP contribution in [0, 0.1) is 5.92 Å². The molecule has 0 saturated heterocycles. The molecule has 25 heavy (non-hydrogen) atoms. The van der Waals surface area contributed by atoms with Crippen LogP contribution in [0.5, 0.6) is 0 Å². The number of aromatic nitrogens is 1. The van der Waals surface area contributed by atoms with E-state index in [0.29, 0.717) is 11.7 Å². The SMILES string of the molecule is CC(C)CN(CC(=O)Nc1nc(-c2ccccc2)cs1)C(=O)C(C)Cl. The topological polar surface area (TPSA) is 62.3 Å². The minimum Gasteiger partial charge on any atom is -0.332 e. The van der Waals surface area contributed by atoms with Gasteiger partial charge in [0.25, 0.3) is 0 Å². The third kappa shape index (κ3) is 5.83. The fourth-order valence-corrected chi connectivity index (χ4v) is 3.20. The van der Waals surface area contributed by atoms with Crippen molar-refractivity contribution in [3.8, 4) is 11.3 Å². The Morgan fingerprint density at radius 1 is 1.24 bits per heavy atom. The minimum atomic E-state index is -0.656. The average Bonchev–Trinajstić information content (AvgIpc) is 3.02. The molecule has 5 nitrogen and oxygen atoms in total.